The zero-order valence-electron chi connectivity index (χ0n) is 10.2. The molecule has 1 unspecified atom stereocenters. The van der Waals surface area contributed by atoms with Crippen LogP contribution in [0, 0.1) is 11.3 Å². The molecule has 1 atom stereocenters. The van der Waals surface area contributed by atoms with Gasteiger partial charge in [-0.3, -0.25) is 4.79 Å². The molecule has 0 radical (unpaired) electrons. The zero-order valence-corrected chi connectivity index (χ0v) is 11.0. The monoisotopic (exact) mass is 274 g/mol. The first-order chi connectivity index (χ1) is 9.13. The van der Waals surface area contributed by atoms with E-state index in [1.54, 1.807) is 43.4 Å². The minimum absolute atomic E-state index is 0.199. The van der Waals surface area contributed by atoms with Crippen LogP contribution in [0.25, 0.3) is 0 Å². The lowest BCUT2D eigenvalue weighted by Gasteiger charge is -2.22. The number of halogens is 1. The summed E-state index contributed by atoms with van der Waals surface area (Å²) < 4.78 is 5.04. The highest BCUT2D eigenvalue weighted by Crippen LogP contribution is 2.23. The van der Waals surface area contributed by atoms with Gasteiger partial charge in [-0.2, -0.15) is 5.26 Å². The van der Waals surface area contributed by atoms with Crippen LogP contribution in [-0.2, 0) is 0 Å². The number of nitrogens with zero attached hydrogens (tertiary/aromatic N) is 2. The summed E-state index contributed by atoms with van der Waals surface area (Å²) in [6, 6.07) is 11.5. The predicted molar refractivity (Wildman–Crippen MR) is 70.6 cm³/mol. The molecule has 0 aliphatic carbocycles. The smallest absolute Gasteiger partial charge is 0.290 e. The maximum Gasteiger partial charge on any atom is 0.290 e. The first kappa shape index (κ1) is 13.2. The van der Waals surface area contributed by atoms with Crippen molar-refractivity contribution in [2.45, 2.75) is 6.04 Å². The number of hydrogen-bond acceptors (Lipinski definition) is 3. The van der Waals surface area contributed by atoms with Crippen LogP contribution in [0.15, 0.2) is 47.1 Å². The van der Waals surface area contributed by atoms with Crippen molar-refractivity contribution >= 4 is 17.5 Å². The van der Waals surface area contributed by atoms with Crippen molar-refractivity contribution in [3.8, 4) is 6.07 Å². The van der Waals surface area contributed by atoms with E-state index in [2.05, 4.69) is 6.07 Å². The summed E-state index contributed by atoms with van der Waals surface area (Å²) in [5, 5.41) is 9.79. The lowest BCUT2D eigenvalue weighted by atomic mass is 10.1. The molecular weight excluding hydrogens is 264 g/mol. The number of amides is 1. The van der Waals surface area contributed by atoms with Crippen LogP contribution in [-0.4, -0.2) is 17.9 Å². The molecule has 0 saturated heterocycles. The van der Waals surface area contributed by atoms with E-state index >= 15 is 0 Å². The van der Waals surface area contributed by atoms with Gasteiger partial charge in [0, 0.05) is 12.1 Å². The second-order valence-corrected chi connectivity index (χ2v) is 4.42. The summed E-state index contributed by atoms with van der Waals surface area (Å²) in [7, 11) is 1.56. The Morgan fingerprint density at radius 2 is 2.21 bits per heavy atom. The van der Waals surface area contributed by atoms with E-state index in [-0.39, 0.29) is 11.7 Å². The first-order valence-corrected chi connectivity index (χ1v) is 5.97. The summed E-state index contributed by atoms with van der Waals surface area (Å²) in [5.74, 6) is -0.152. The van der Waals surface area contributed by atoms with Crippen molar-refractivity contribution in [3.05, 3.63) is 59.0 Å². The van der Waals surface area contributed by atoms with Crippen molar-refractivity contribution in [1.29, 1.82) is 5.26 Å². The number of nitriles is 1. The van der Waals surface area contributed by atoms with E-state index in [0.717, 1.165) is 0 Å². The normalized spacial score (nSPS) is 11.6. The molecule has 1 aromatic carbocycles. The lowest BCUT2D eigenvalue weighted by molar-refractivity contribution is 0.0731. The third-order valence-electron chi connectivity index (χ3n) is 2.73. The molecule has 19 heavy (non-hydrogen) atoms. The van der Waals surface area contributed by atoms with E-state index in [1.807, 2.05) is 0 Å². The Morgan fingerprint density at radius 3 is 2.79 bits per heavy atom. The highest BCUT2D eigenvalue weighted by Gasteiger charge is 2.24. The minimum Gasteiger partial charge on any atom is -0.459 e. The standard InChI is InChI=1S/C14H11ClN2O2/c1-17(14(18)13-6-3-7-19-13)12(9-16)10-4-2-5-11(15)8-10/h2-8,12H,1H3. The molecular formula is C14H11ClN2O2. The predicted octanol–water partition coefficient (Wildman–Crippen LogP) is 3.27. The molecule has 0 aliphatic rings. The highest BCUT2D eigenvalue weighted by atomic mass is 35.5. The van der Waals surface area contributed by atoms with Gasteiger partial charge in [0.1, 0.15) is 6.04 Å². The van der Waals surface area contributed by atoms with Crippen molar-refractivity contribution in [2.24, 2.45) is 0 Å². The van der Waals surface area contributed by atoms with Gasteiger partial charge in [0.15, 0.2) is 5.76 Å². The Kier molecular flexibility index (Phi) is 3.88. The Hall–Kier alpha value is -2.25. The minimum atomic E-state index is -0.712. The van der Waals surface area contributed by atoms with Gasteiger partial charge in [0.25, 0.3) is 5.91 Å². The molecule has 4 nitrogen and oxygen atoms in total. The van der Waals surface area contributed by atoms with Crippen LogP contribution < -0.4 is 0 Å². The van der Waals surface area contributed by atoms with Crippen molar-refractivity contribution in [1.82, 2.24) is 4.90 Å². The topological polar surface area (TPSA) is 57.2 Å². The third-order valence-corrected chi connectivity index (χ3v) is 2.96. The van der Waals surface area contributed by atoms with Gasteiger partial charge in [-0.1, -0.05) is 23.7 Å². The maximum atomic E-state index is 12.1. The molecule has 1 amide bonds. The average Bonchev–Trinajstić information content (AvgIpc) is 2.92. The summed E-state index contributed by atoms with van der Waals surface area (Å²) in [6.45, 7) is 0. The van der Waals surface area contributed by atoms with Gasteiger partial charge in [-0.05, 0) is 29.8 Å². The van der Waals surface area contributed by atoms with Crippen LogP contribution in [0.4, 0.5) is 0 Å². The number of benzene rings is 1. The summed E-state index contributed by atoms with van der Waals surface area (Å²) in [6.07, 6.45) is 1.42. The van der Waals surface area contributed by atoms with Gasteiger partial charge in [-0.25, -0.2) is 0 Å². The molecule has 0 saturated carbocycles. The number of carbonyl (C=O) groups is 1. The van der Waals surface area contributed by atoms with Crippen molar-refractivity contribution in [3.63, 3.8) is 0 Å². The molecule has 0 spiro atoms. The molecule has 0 aliphatic heterocycles. The van der Waals surface area contributed by atoms with E-state index in [1.165, 1.54) is 11.2 Å². The van der Waals surface area contributed by atoms with Crippen LogP contribution >= 0.6 is 11.6 Å². The van der Waals surface area contributed by atoms with Crippen LogP contribution in [0.1, 0.15) is 22.2 Å². The SMILES string of the molecule is CN(C(=O)c1ccco1)C(C#N)c1cccc(Cl)c1. The lowest BCUT2D eigenvalue weighted by Crippen LogP contribution is -2.30. The molecule has 2 aromatic rings. The van der Waals surface area contributed by atoms with E-state index in [4.69, 9.17) is 16.0 Å². The first-order valence-electron chi connectivity index (χ1n) is 5.59. The van der Waals surface area contributed by atoms with Crippen LogP contribution in [0.5, 0.6) is 0 Å². The molecule has 1 heterocycles. The molecule has 0 N–H and O–H groups in total. The zero-order chi connectivity index (χ0) is 13.8. The average molecular weight is 275 g/mol. The quantitative estimate of drug-likeness (QED) is 0.863. The molecule has 5 heteroatoms. The van der Waals surface area contributed by atoms with E-state index in [9.17, 15) is 10.1 Å². The fourth-order valence-electron chi connectivity index (χ4n) is 1.75. The van der Waals surface area contributed by atoms with Crippen LogP contribution in [0.3, 0.4) is 0 Å². The Bertz CT molecular complexity index is 617. The number of carbonyl (C=O) groups excluding carboxylic acids is 1. The van der Waals surface area contributed by atoms with Gasteiger partial charge in [-0.15, -0.1) is 0 Å². The number of hydrogen-bond donors (Lipinski definition) is 0. The fourth-order valence-corrected chi connectivity index (χ4v) is 1.95. The fraction of sp³-hybridized carbons (Fsp3) is 0.143. The van der Waals surface area contributed by atoms with E-state index in [0.29, 0.717) is 10.6 Å². The molecule has 1 aromatic heterocycles. The van der Waals surface area contributed by atoms with E-state index < -0.39 is 6.04 Å². The molecule has 0 bridgehead atoms. The van der Waals surface area contributed by atoms with Gasteiger partial charge in [0.05, 0.1) is 12.3 Å². The Morgan fingerprint density at radius 1 is 1.42 bits per heavy atom. The third kappa shape index (κ3) is 2.78. The highest BCUT2D eigenvalue weighted by molar-refractivity contribution is 6.30. The van der Waals surface area contributed by atoms with Crippen molar-refractivity contribution in [2.75, 3.05) is 7.05 Å². The number of rotatable bonds is 3. The Labute approximate surface area is 115 Å². The summed E-state index contributed by atoms with van der Waals surface area (Å²) in [4.78, 5) is 13.4. The second-order valence-electron chi connectivity index (χ2n) is 3.98. The van der Waals surface area contributed by atoms with Gasteiger partial charge >= 0.3 is 0 Å². The largest absolute Gasteiger partial charge is 0.459 e. The molecule has 0 fully saturated rings. The molecule has 96 valence electrons. The summed E-state index contributed by atoms with van der Waals surface area (Å²) >= 11 is 5.90. The van der Waals surface area contributed by atoms with Gasteiger partial charge in [0.2, 0.25) is 0 Å². The number of furan rings is 1. The Balaban J connectivity index is 2.28. The van der Waals surface area contributed by atoms with Crippen molar-refractivity contribution < 1.29 is 9.21 Å². The molecule has 2 rings (SSSR count). The summed E-state index contributed by atoms with van der Waals surface area (Å²) in [5.41, 5.74) is 0.664. The van der Waals surface area contributed by atoms with Crippen LogP contribution in [0.2, 0.25) is 5.02 Å². The maximum absolute atomic E-state index is 12.1. The second kappa shape index (κ2) is 5.59. The van der Waals surface area contributed by atoms with Gasteiger partial charge < -0.3 is 9.32 Å².